The summed E-state index contributed by atoms with van der Waals surface area (Å²) in [4.78, 5) is 14.0. The molecule has 0 fully saturated rings. The van der Waals surface area contributed by atoms with Crippen molar-refractivity contribution in [2.45, 2.75) is 46.5 Å². The molecule has 0 aliphatic rings. The Hall–Kier alpha value is -7.87. The van der Waals surface area contributed by atoms with Gasteiger partial charge in [-0.2, -0.15) is 5.26 Å². The first-order valence-corrected chi connectivity index (χ1v) is 23.5. The Labute approximate surface area is 425 Å². The molecule has 0 saturated carbocycles. The van der Waals surface area contributed by atoms with Crippen molar-refractivity contribution in [1.29, 1.82) is 5.26 Å². The maximum absolute atomic E-state index is 9.38. The molecule has 10 rings (SSSR count). The van der Waals surface area contributed by atoms with E-state index in [-0.39, 0.29) is 20.1 Å². The molecule has 0 N–H and O–H groups in total. The molecule has 0 saturated heterocycles. The average molecular weight is 1080 g/mol. The van der Waals surface area contributed by atoms with Gasteiger partial charge in [-0.15, -0.1) is 94.5 Å². The van der Waals surface area contributed by atoms with Gasteiger partial charge in [0, 0.05) is 18.6 Å². The quantitative estimate of drug-likeness (QED) is 0.108. The van der Waals surface area contributed by atoms with E-state index in [9.17, 15) is 5.26 Å². The van der Waals surface area contributed by atoms with Crippen LogP contribution < -0.4 is 0 Å². The van der Waals surface area contributed by atoms with Crippen molar-refractivity contribution >= 4 is 0 Å². The van der Waals surface area contributed by atoms with Crippen LogP contribution in [0, 0.1) is 50.3 Å². The van der Waals surface area contributed by atoms with Gasteiger partial charge in [0.05, 0.1) is 11.6 Å². The maximum atomic E-state index is 9.38. The van der Waals surface area contributed by atoms with Gasteiger partial charge in [0.25, 0.3) is 0 Å². The largest absolute Gasteiger partial charge is 3.00 e. The minimum Gasteiger partial charge on any atom is -0.305 e. The van der Waals surface area contributed by atoms with Crippen LogP contribution in [0.15, 0.2) is 195 Å². The Bertz CT molecular complexity index is 3330. The Morgan fingerprint density at radius 2 is 0.943 bits per heavy atom. The fourth-order valence-corrected chi connectivity index (χ4v) is 8.97. The number of hydrogen-bond acceptors (Lipinski definition) is 4. The van der Waals surface area contributed by atoms with Gasteiger partial charge in [-0.05, 0) is 119 Å². The Morgan fingerprint density at radius 3 is 1.47 bits per heavy atom. The van der Waals surface area contributed by atoms with Crippen molar-refractivity contribution in [3.63, 3.8) is 0 Å². The SMILES string of the molecule is Cc1ccc(-c2[c-]cc(-c3ccccc3-c3cc(CCc4c[c-]c(-c5cc(C)ccn5)cc4)cc(CCc4c[c-]c(-c5cc(C)ccn5)cc4)c3)c(-c3ccc(-c4ccc(C#N)cc4)cc3)c2)nc1.[Ir+3]. The van der Waals surface area contributed by atoms with Crippen LogP contribution in [0.4, 0.5) is 0 Å². The number of pyridine rings is 3. The molecule has 70 heavy (non-hydrogen) atoms. The van der Waals surface area contributed by atoms with Gasteiger partial charge in [-0.1, -0.05) is 144 Å². The summed E-state index contributed by atoms with van der Waals surface area (Å²) >= 11 is 0. The zero-order valence-electron chi connectivity index (χ0n) is 39.4. The van der Waals surface area contributed by atoms with Crippen molar-refractivity contribution in [1.82, 2.24) is 15.0 Å². The van der Waals surface area contributed by atoms with E-state index in [0.29, 0.717) is 5.56 Å². The number of rotatable bonds is 13. The van der Waals surface area contributed by atoms with Crippen molar-refractivity contribution in [2.75, 3.05) is 0 Å². The number of benzene rings is 7. The molecule has 7 aromatic carbocycles. The van der Waals surface area contributed by atoms with Crippen LogP contribution in [0.2, 0.25) is 0 Å². The van der Waals surface area contributed by atoms with Gasteiger partial charge >= 0.3 is 20.1 Å². The molecule has 4 nitrogen and oxygen atoms in total. The van der Waals surface area contributed by atoms with Crippen LogP contribution in [0.1, 0.15) is 44.5 Å². The van der Waals surface area contributed by atoms with Crippen LogP contribution in [-0.2, 0) is 45.8 Å². The van der Waals surface area contributed by atoms with Crippen LogP contribution in [0.5, 0.6) is 0 Å². The first kappa shape index (κ1) is 47.2. The molecule has 3 heterocycles. The molecule has 0 bridgehead atoms. The second kappa shape index (κ2) is 21.6. The third kappa shape index (κ3) is 11.0. The number of aryl methyl sites for hydroxylation is 7. The molecule has 0 amide bonds. The molecule has 338 valence electrons. The second-order valence-electron chi connectivity index (χ2n) is 17.9. The first-order valence-electron chi connectivity index (χ1n) is 23.5. The molecule has 0 aliphatic carbocycles. The second-order valence-corrected chi connectivity index (χ2v) is 17.9. The van der Waals surface area contributed by atoms with E-state index < -0.39 is 0 Å². The monoisotopic (exact) mass is 1080 g/mol. The van der Waals surface area contributed by atoms with Gasteiger partial charge in [0.15, 0.2) is 0 Å². The number of aromatic nitrogens is 3. The van der Waals surface area contributed by atoms with Crippen molar-refractivity contribution in [3.8, 4) is 84.3 Å². The predicted molar refractivity (Wildman–Crippen MR) is 281 cm³/mol. The summed E-state index contributed by atoms with van der Waals surface area (Å²) in [7, 11) is 0. The van der Waals surface area contributed by atoms with E-state index in [0.717, 1.165) is 104 Å². The van der Waals surface area contributed by atoms with Crippen molar-refractivity contribution < 1.29 is 20.1 Å². The standard InChI is InChI=1S/C65H49N4.Ir/c1-44-32-34-67-64(36-44)55-21-13-47(14-22-55)9-11-50-38-51(12-10-48-15-23-56(24-16-48)65-37-45(2)33-35-68-65)40-58(39-50)59-6-4-5-7-60(59)61-30-29-57(63-31-8-46(3)43-69-63)41-62(61)54-27-25-53(26-28-54)52-19-17-49(42-66)18-20-52;/h4-8,13-21,23,25-28,30-41,43H,9-12H2,1-3H3;/q-3;+3. The van der Waals surface area contributed by atoms with Crippen molar-refractivity contribution in [3.05, 3.63) is 257 Å². The zero-order valence-corrected chi connectivity index (χ0v) is 41.8. The van der Waals surface area contributed by atoms with Gasteiger partial charge < -0.3 is 15.0 Å². The van der Waals surface area contributed by atoms with E-state index in [1.54, 1.807) is 0 Å². The van der Waals surface area contributed by atoms with E-state index in [4.69, 9.17) is 4.98 Å². The molecule has 10 aromatic rings. The minimum absolute atomic E-state index is 0. The topological polar surface area (TPSA) is 62.5 Å². The molecule has 0 unspecified atom stereocenters. The summed E-state index contributed by atoms with van der Waals surface area (Å²) < 4.78 is 0. The molecule has 0 aliphatic heterocycles. The van der Waals surface area contributed by atoms with Gasteiger partial charge in [0.2, 0.25) is 0 Å². The fourth-order valence-electron chi connectivity index (χ4n) is 8.97. The summed E-state index contributed by atoms with van der Waals surface area (Å²) in [5.74, 6) is 0. The van der Waals surface area contributed by atoms with E-state index >= 15 is 0 Å². The van der Waals surface area contributed by atoms with Gasteiger partial charge in [0.1, 0.15) is 0 Å². The van der Waals surface area contributed by atoms with E-state index in [1.165, 1.54) is 38.9 Å². The van der Waals surface area contributed by atoms with E-state index in [1.807, 2.05) is 55.0 Å². The molecule has 3 aromatic heterocycles. The summed E-state index contributed by atoms with van der Waals surface area (Å²) in [6.45, 7) is 6.24. The zero-order chi connectivity index (χ0) is 47.1. The molecule has 0 spiro atoms. The predicted octanol–water partition coefficient (Wildman–Crippen LogP) is 15.3. The van der Waals surface area contributed by atoms with Crippen molar-refractivity contribution in [2.24, 2.45) is 0 Å². The molecule has 0 radical (unpaired) electrons. The summed E-state index contributed by atoms with van der Waals surface area (Å²) in [6.07, 6.45) is 9.17. The average Bonchev–Trinajstić information content (AvgIpc) is 3.40. The third-order valence-electron chi connectivity index (χ3n) is 12.8. The Kier molecular flexibility index (Phi) is 14.6. The van der Waals surface area contributed by atoms with Gasteiger partial charge in [-0.3, -0.25) is 0 Å². The normalized spacial score (nSPS) is 10.9. The number of nitrogens with zero attached hydrogens (tertiary/aromatic N) is 4. The van der Waals surface area contributed by atoms with E-state index in [2.05, 4.69) is 195 Å². The summed E-state index contributed by atoms with van der Waals surface area (Å²) in [5.41, 5.74) is 23.8. The first-order chi connectivity index (χ1) is 33.8. The van der Waals surface area contributed by atoms with Crippen LogP contribution in [0.25, 0.3) is 78.3 Å². The Balaban J connectivity index is 0.00000608. The summed E-state index contributed by atoms with van der Waals surface area (Å²) in [6, 6.07) is 75.1. The molecular formula is C65H49IrN4. The maximum Gasteiger partial charge on any atom is 3.00 e. The molecular weight excluding hydrogens is 1030 g/mol. The minimum atomic E-state index is 0. The summed E-state index contributed by atoms with van der Waals surface area (Å²) in [5, 5.41) is 9.38. The van der Waals surface area contributed by atoms with Crippen LogP contribution in [0.3, 0.4) is 0 Å². The fraction of sp³-hybridized carbons (Fsp3) is 0.108. The van der Waals surface area contributed by atoms with Crippen LogP contribution >= 0.6 is 0 Å². The third-order valence-corrected chi connectivity index (χ3v) is 12.8. The molecule has 5 heteroatoms. The smallest absolute Gasteiger partial charge is 0.305 e. The molecule has 0 atom stereocenters. The number of nitriles is 1. The van der Waals surface area contributed by atoms with Gasteiger partial charge in [-0.25, -0.2) is 0 Å². The Morgan fingerprint density at radius 1 is 0.400 bits per heavy atom. The van der Waals surface area contributed by atoms with Crippen LogP contribution in [-0.4, -0.2) is 15.0 Å². The number of hydrogen-bond donors (Lipinski definition) is 0.